The van der Waals surface area contributed by atoms with E-state index in [1.54, 1.807) is 26.8 Å². The molecule has 1 aliphatic carbocycles. The summed E-state index contributed by atoms with van der Waals surface area (Å²) in [7, 11) is 0. The number of nitrogens with two attached hydrogens (primary N) is 1. The van der Waals surface area contributed by atoms with Crippen LogP contribution >= 0.6 is 0 Å². The second-order valence-corrected chi connectivity index (χ2v) is 7.05. The summed E-state index contributed by atoms with van der Waals surface area (Å²) in [4.78, 5) is 11.7. The number of nitrogens with one attached hydrogen (secondary N) is 1. The van der Waals surface area contributed by atoms with E-state index in [4.69, 9.17) is 10.5 Å². The van der Waals surface area contributed by atoms with Gasteiger partial charge in [0.1, 0.15) is 11.4 Å². The normalized spacial score (nSPS) is 18.9. The van der Waals surface area contributed by atoms with E-state index in [1.807, 2.05) is 0 Å². The Morgan fingerprint density at radius 2 is 2.00 bits per heavy atom. The number of phenolic OH excluding ortho intramolecular Hbond substituents is 1. The lowest BCUT2D eigenvalue weighted by molar-refractivity contribution is -0.123. The van der Waals surface area contributed by atoms with E-state index in [0.717, 1.165) is 0 Å². The highest BCUT2D eigenvalue weighted by molar-refractivity contribution is 5.87. The van der Waals surface area contributed by atoms with Crippen LogP contribution in [-0.2, 0) is 10.2 Å². The first-order valence-corrected chi connectivity index (χ1v) is 7.38. The van der Waals surface area contributed by atoms with Crippen LogP contribution in [-0.4, -0.2) is 29.3 Å². The Bertz CT molecular complexity index is 604. The van der Waals surface area contributed by atoms with Crippen LogP contribution in [0.2, 0.25) is 0 Å². The zero-order valence-corrected chi connectivity index (χ0v) is 13.5. The summed E-state index contributed by atoms with van der Waals surface area (Å²) in [5.41, 5.74) is 4.86. The van der Waals surface area contributed by atoms with Gasteiger partial charge in [-0.1, -0.05) is 6.07 Å². The number of hydrogen-bond acceptors (Lipinski definition) is 4. The van der Waals surface area contributed by atoms with Gasteiger partial charge in [0.25, 0.3) is 0 Å². The van der Waals surface area contributed by atoms with Crippen molar-refractivity contribution in [2.24, 2.45) is 5.73 Å². The van der Waals surface area contributed by atoms with Gasteiger partial charge in [-0.05, 0) is 38.5 Å². The molecule has 4 N–H and O–H groups in total. The summed E-state index contributed by atoms with van der Waals surface area (Å²) < 4.78 is 31.5. The lowest BCUT2D eigenvalue weighted by Crippen LogP contribution is -2.53. The topological polar surface area (TPSA) is 84.6 Å². The van der Waals surface area contributed by atoms with Crippen LogP contribution in [0.5, 0.6) is 5.75 Å². The van der Waals surface area contributed by atoms with E-state index < -0.39 is 23.0 Å². The van der Waals surface area contributed by atoms with Crippen molar-refractivity contribution < 1.29 is 23.4 Å². The highest BCUT2D eigenvalue weighted by atomic mass is 19.3. The Morgan fingerprint density at radius 3 is 2.43 bits per heavy atom. The third kappa shape index (κ3) is 3.90. The molecule has 1 fully saturated rings. The number of ether oxygens (including phenoxy) is 1. The van der Waals surface area contributed by atoms with Crippen molar-refractivity contribution in [3.05, 3.63) is 23.8 Å². The third-order valence-corrected chi connectivity index (χ3v) is 3.83. The molecule has 0 aromatic heterocycles. The molecule has 0 atom stereocenters. The van der Waals surface area contributed by atoms with Crippen LogP contribution in [0.3, 0.4) is 0 Å². The predicted molar refractivity (Wildman–Crippen MR) is 82.9 cm³/mol. The van der Waals surface area contributed by atoms with Crippen molar-refractivity contribution in [2.45, 2.75) is 50.6 Å². The summed E-state index contributed by atoms with van der Waals surface area (Å²) in [5, 5.41) is 12.5. The standard InChI is InChI=1S/C16H22F2N2O3/c1-14(2,3)23-13(22)20-11-5-4-10(6-12(11)21)15(9-19)7-16(17,18)8-15/h4-6,21H,7-9,19H2,1-3H3,(H,20,22). The van der Waals surface area contributed by atoms with E-state index in [-0.39, 0.29) is 30.8 Å². The minimum absolute atomic E-state index is 0.0703. The Balaban J connectivity index is 2.14. The largest absolute Gasteiger partial charge is 0.506 e. The summed E-state index contributed by atoms with van der Waals surface area (Å²) in [6.45, 7) is 5.23. The smallest absolute Gasteiger partial charge is 0.412 e. The van der Waals surface area contributed by atoms with E-state index in [2.05, 4.69) is 5.32 Å². The predicted octanol–water partition coefficient (Wildman–Crippen LogP) is 3.36. The fourth-order valence-electron chi connectivity index (χ4n) is 2.79. The van der Waals surface area contributed by atoms with E-state index >= 15 is 0 Å². The quantitative estimate of drug-likeness (QED) is 0.743. The molecule has 5 nitrogen and oxygen atoms in total. The fourth-order valence-corrected chi connectivity index (χ4v) is 2.79. The summed E-state index contributed by atoms with van der Waals surface area (Å²) in [6.07, 6.45) is -1.38. The Kier molecular flexibility index (Phi) is 4.28. The number of carbonyl (C=O) groups is 1. The van der Waals surface area contributed by atoms with Gasteiger partial charge in [-0.3, -0.25) is 5.32 Å². The first-order valence-electron chi connectivity index (χ1n) is 7.38. The first kappa shape index (κ1) is 17.5. The maximum atomic E-state index is 13.2. The lowest BCUT2D eigenvalue weighted by atomic mass is 9.62. The Labute approximate surface area is 133 Å². The molecule has 128 valence electrons. The molecule has 0 spiro atoms. The molecule has 0 heterocycles. The molecule has 1 amide bonds. The number of hydrogen-bond donors (Lipinski definition) is 3. The molecule has 1 saturated carbocycles. The van der Waals surface area contributed by atoms with Crippen molar-refractivity contribution >= 4 is 11.8 Å². The minimum atomic E-state index is -2.72. The van der Waals surface area contributed by atoms with Gasteiger partial charge in [0.2, 0.25) is 5.92 Å². The Morgan fingerprint density at radius 1 is 1.39 bits per heavy atom. The van der Waals surface area contributed by atoms with Gasteiger partial charge in [0.05, 0.1) is 5.69 Å². The van der Waals surface area contributed by atoms with E-state index in [9.17, 15) is 18.7 Å². The molecule has 0 unspecified atom stereocenters. The van der Waals surface area contributed by atoms with Crippen LogP contribution in [0.4, 0.5) is 19.3 Å². The molecule has 0 bridgehead atoms. The average molecular weight is 328 g/mol. The molecule has 0 radical (unpaired) electrons. The van der Waals surface area contributed by atoms with E-state index in [0.29, 0.717) is 5.56 Å². The van der Waals surface area contributed by atoms with Gasteiger partial charge in [-0.25, -0.2) is 13.6 Å². The van der Waals surface area contributed by atoms with Crippen LogP contribution in [0.15, 0.2) is 18.2 Å². The maximum absolute atomic E-state index is 13.2. The number of alkyl halides is 2. The molecular weight excluding hydrogens is 306 g/mol. The molecule has 0 saturated heterocycles. The van der Waals surface area contributed by atoms with Gasteiger partial charge in [0, 0.05) is 24.8 Å². The third-order valence-electron chi connectivity index (χ3n) is 3.83. The van der Waals surface area contributed by atoms with Crippen LogP contribution in [0, 0.1) is 0 Å². The van der Waals surface area contributed by atoms with Gasteiger partial charge >= 0.3 is 6.09 Å². The van der Waals surface area contributed by atoms with Crippen molar-refractivity contribution in [1.82, 2.24) is 0 Å². The molecule has 1 aromatic rings. The number of aromatic hydroxyl groups is 1. The van der Waals surface area contributed by atoms with Crippen LogP contribution in [0.1, 0.15) is 39.2 Å². The van der Waals surface area contributed by atoms with Crippen molar-refractivity contribution in [3.63, 3.8) is 0 Å². The van der Waals surface area contributed by atoms with Crippen molar-refractivity contribution in [1.29, 1.82) is 0 Å². The summed E-state index contributed by atoms with van der Waals surface area (Å²) in [5.74, 6) is -2.93. The monoisotopic (exact) mass is 328 g/mol. The first-order chi connectivity index (χ1) is 10.5. The fraction of sp³-hybridized carbons (Fsp3) is 0.562. The number of carbonyl (C=O) groups excluding carboxylic acids is 1. The zero-order valence-electron chi connectivity index (χ0n) is 13.5. The second-order valence-electron chi connectivity index (χ2n) is 7.05. The molecule has 23 heavy (non-hydrogen) atoms. The highest BCUT2D eigenvalue weighted by Crippen LogP contribution is 2.53. The summed E-state index contributed by atoms with van der Waals surface area (Å²) >= 11 is 0. The van der Waals surface area contributed by atoms with Gasteiger partial charge in [0.15, 0.2) is 0 Å². The van der Waals surface area contributed by atoms with Crippen molar-refractivity contribution in [2.75, 3.05) is 11.9 Å². The Hall–Kier alpha value is -1.89. The molecule has 7 heteroatoms. The molecular formula is C16H22F2N2O3. The van der Waals surface area contributed by atoms with Gasteiger partial charge in [-0.2, -0.15) is 0 Å². The van der Waals surface area contributed by atoms with E-state index in [1.165, 1.54) is 12.1 Å². The second kappa shape index (κ2) is 5.63. The lowest BCUT2D eigenvalue weighted by Gasteiger charge is -2.47. The number of amides is 1. The number of phenols is 1. The molecule has 0 aliphatic heterocycles. The zero-order chi connectivity index (χ0) is 17.5. The van der Waals surface area contributed by atoms with Gasteiger partial charge in [-0.15, -0.1) is 0 Å². The summed E-state index contributed by atoms with van der Waals surface area (Å²) in [6, 6.07) is 4.42. The molecule has 1 aliphatic rings. The average Bonchev–Trinajstić information content (AvgIpc) is 2.35. The SMILES string of the molecule is CC(C)(C)OC(=O)Nc1ccc(C2(CN)CC(F)(F)C2)cc1O. The number of halogens is 2. The number of benzene rings is 1. The number of rotatable bonds is 3. The molecule has 2 rings (SSSR count). The van der Waals surface area contributed by atoms with Crippen LogP contribution < -0.4 is 11.1 Å². The minimum Gasteiger partial charge on any atom is -0.506 e. The van der Waals surface area contributed by atoms with Gasteiger partial charge < -0.3 is 15.6 Å². The highest BCUT2D eigenvalue weighted by Gasteiger charge is 2.56. The van der Waals surface area contributed by atoms with Crippen LogP contribution in [0.25, 0.3) is 0 Å². The van der Waals surface area contributed by atoms with Crippen molar-refractivity contribution in [3.8, 4) is 5.75 Å². The molecule has 1 aromatic carbocycles. The number of anilines is 1. The maximum Gasteiger partial charge on any atom is 0.412 e.